The fourth-order valence-corrected chi connectivity index (χ4v) is 2.79. The molecular formula is C12H7ClF3N5OS. The average molecular weight is 362 g/mol. The number of fused-ring (bicyclic) bond motifs is 1. The fourth-order valence-electron chi connectivity index (χ4n) is 1.84. The van der Waals surface area contributed by atoms with E-state index in [0.29, 0.717) is 10.8 Å². The van der Waals surface area contributed by atoms with Crippen LogP contribution in [0.25, 0.3) is 4.96 Å². The number of carbonyl (C=O) groups is 1. The number of alkyl halides is 3. The molecule has 1 N–H and O–H groups in total. The van der Waals surface area contributed by atoms with Crippen LogP contribution >= 0.6 is 22.9 Å². The third-order valence-corrected chi connectivity index (χ3v) is 4.01. The second-order valence-electron chi connectivity index (χ2n) is 4.49. The van der Waals surface area contributed by atoms with Gasteiger partial charge in [0.1, 0.15) is 0 Å². The molecule has 3 aromatic rings. The number of amides is 1. The van der Waals surface area contributed by atoms with Crippen molar-refractivity contribution in [1.29, 1.82) is 0 Å². The molecule has 0 radical (unpaired) electrons. The minimum atomic E-state index is -4.65. The minimum absolute atomic E-state index is 0.0268. The Morgan fingerprint density at radius 3 is 2.74 bits per heavy atom. The van der Waals surface area contributed by atoms with Crippen LogP contribution in [0.1, 0.15) is 21.2 Å². The van der Waals surface area contributed by atoms with Crippen LogP contribution in [0.2, 0.25) is 5.02 Å². The van der Waals surface area contributed by atoms with Gasteiger partial charge in [-0.15, -0.1) is 15.3 Å². The van der Waals surface area contributed by atoms with E-state index >= 15 is 0 Å². The van der Waals surface area contributed by atoms with Gasteiger partial charge in [-0.25, -0.2) is 0 Å². The standard InChI is InChI=1S/C12H7ClF3N5OS/c1-5-18-19-11-21(5)20-10(23-11)9(22)17-8-3-2-6(13)4-7(8)12(14,15)16/h2-4H,1H3,(H,17,22). The molecule has 2 heterocycles. The maximum atomic E-state index is 13.0. The highest BCUT2D eigenvalue weighted by Crippen LogP contribution is 2.36. The molecule has 3 rings (SSSR count). The Morgan fingerprint density at radius 2 is 2.09 bits per heavy atom. The van der Waals surface area contributed by atoms with Crippen LogP contribution in [0.5, 0.6) is 0 Å². The molecule has 1 amide bonds. The van der Waals surface area contributed by atoms with Gasteiger partial charge in [0.25, 0.3) is 5.91 Å². The molecular weight excluding hydrogens is 355 g/mol. The third kappa shape index (κ3) is 2.99. The lowest BCUT2D eigenvalue weighted by Gasteiger charge is -2.13. The molecule has 11 heteroatoms. The summed E-state index contributed by atoms with van der Waals surface area (Å²) in [6, 6.07) is 3.10. The van der Waals surface area contributed by atoms with Crippen molar-refractivity contribution in [1.82, 2.24) is 19.8 Å². The number of nitrogens with zero attached hydrogens (tertiary/aromatic N) is 4. The zero-order valence-electron chi connectivity index (χ0n) is 11.3. The van der Waals surface area contributed by atoms with E-state index in [1.54, 1.807) is 6.92 Å². The van der Waals surface area contributed by atoms with Gasteiger partial charge in [0.15, 0.2) is 5.82 Å². The van der Waals surface area contributed by atoms with E-state index in [9.17, 15) is 18.0 Å². The number of halogens is 4. The molecule has 1 aromatic carbocycles. The van der Waals surface area contributed by atoms with Crippen molar-refractivity contribution >= 4 is 39.5 Å². The topological polar surface area (TPSA) is 72.2 Å². The van der Waals surface area contributed by atoms with Gasteiger partial charge in [-0.3, -0.25) is 4.79 Å². The van der Waals surface area contributed by atoms with E-state index in [4.69, 9.17) is 11.6 Å². The zero-order valence-corrected chi connectivity index (χ0v) is 12.9. The average Bonchev–Trinajstić information content (AvgIpc) is 3.02. The van der Waals surface area contributed by atoms with E-state index in [1.807, 2.05) is 0 Å². The molecule has 6 nitrogen and oxygen atoms in total. The normalized spacial score (nSPS) is 11.9. The third-order valence-electron chi connectivity index (χ3n) is 2.88. The summed E-state index contributed by atoms with van der Waals surface area (Å²) in [5.41, 5.74) is -1.42. The van der Waals surface area contributed by atoms with E-state index in [0.717, 1.165) is 23.5 Å². The molecule has 120 valence electrons. The predicted octanol–water partition coefficient (Wildman–Crippen LogP) is 3.42. The van der Waals surface area contributed by atoms with E-state index in [2.05, 4.69) is 20.6 Å². The summed E-state index contributed by atoms with van der Waals surface area (Å²) < 4.78 is 40.4. The van der Waals surface area contributed by atoms with Gasteiger partial charge in [-0.05, 0) is 25.1 Å². The van der Waals surface area contributed by atoms with Crippen molar-refractivity contribution in [3.05, 3.63) is 39.6 Å². The summed E-state index contributed by atoms with van der Waals surface area (Å²) in [7, 11) is 0. The first-order valence-corrected chi connectivity index (χ1v) is 7.32. The molecule has 0 aliphatic heterocycles. The summed E-state index contributed by atoms with van der Waals surface area (Å²) in [6.07, 6.45) is -4.65. The van der Waals surface area contributed by atoms with Crippen LogP contribution < -0.4 is 5.32 Å². The van der Waals surface area contributed by atoms with E-state index < -0.39 is 23.3 Å². The van der Waals surface area contributed by atoms with Gasteiger partial charge in [-0.2, -0.15) is 17.7 Å². The lowest BCUT2D eigenvalue weighted by Crippen LogP contribution is -2.17. The maximum Gasteiger partial charge on any atom is 0.418 e. The Morgan fingerprint density at radius 1 is 1.35 bits per heavy atom. The van der Waals surface area contributed by atoms with Crippen LogP contribution in [0, 0.1) is 6.92 Å². The lowest BCUT2D eigenvalue weighted by atomic mass is 10.1. The SMILES string of the molecule is Cc1nnc2sc(C(=O)Nc3ccc(Cl)cc3C(F)(F)F)nn12. The highest BCUT2D eigenvalue weighted by molar-refractivity contribution is 7.18. The first kappa shape index (κ1) is 15.7. The van der Waals surface area contributed by atoms with Crippen molar-refractivity contribution in [3.63, 3.8) is 0 Å². The van der Waals surface area contributed by atoms with Crippen molar-refractivity contribution in [2.75, 3.05) is 5.32 Å². The summed E-state index contributed by atoms with van der Waals surface area (Å²) in [5.74, 6) is -0.300. The van der Waals surface area contributed by atoms with E-state index in [-0.39, 0.29) is 10.0 Å². The summed E-state index contributed by atoms with van der Waals surface area (Å²) in [6.45, 7) is 1.64. The number of carbonyl (C=O) groups excluding carboxylic acids is 1. The first-order chi connectivity index (χ1) is 10.8. The van der Waals surface area contributed by atoms with Crippen LogP contribution in [0.3, 0.4) is 0 Å². The number of benzene rings is 1. The van der Waals surface area contributed by atoms with Gasteiger partial charge in [0, 0.05) is 5.02 Å². The molecule has 0 aliphatic rings. The monoisotopic (exact) mass is 361 g/mol. The maximum absolute atomic E-state index is 13.0. The van der Waals surface area contributed by atoms with Crippen LogP contribution in [-0.2, 0) is 6.18 Å². The Kier molecular flexibility index (Phi) is 3.72. The first-order valence-electron chi connectivity index (χ1n) is 6.12. The zero-order chi connectivity index (χ0) is 16.8. The van der Waals surface area contributed by atoms with Gasteiger partial charge in [-0.1, -0.05) is 22.9 Å². The number of hydrogen-bond acceptors (Lipinski definition) is 5. The molecule has 0 fully saturated rings. The van der Waals surface area contributed by atoms with Gasteiger partial charge >= 0.3 is 6.18 Å². The Hall–Kier alpha value is -2.20. The minimum Gasteiger partial charge on any atom is -0.319 e. The number of aromatic nitrogens is 4. The number of aryl methyl sites for hydroxylation is 1. The Labute approximate surface area is 135 Å². The van der Waals surface area contributed by atoms with Crippen molar-refractivity contribution in [2.45, 2.75) is 13.1 Å². The lowest BCUT2D eigenvalue weighted by molar-refractivity contribution is -0.136. The molecule has 0 atom stereocenters. The number of anilines is 1. The second-order valence-corrected chi connectivity index (χ2v) is 5.88. The molecule has 0 bridgehead atoms. The summed E-state index contributed by atoms with van der Waals surface area (Å²) in [4.78, 5) is 12.5. The predicted molar refractivity (Wildman–Crippen MR) is 77.8 cm³/mol. The largest absolute Gasteiger partial charge is 0.418 e. The molecule has 23 heavy (non-hydrogen) atoms. The van der Waals surface area contributed by atoms with Crippen molar-refractivity contribution < 1.29 is 18.0 Å². The number of rotatable bonds is 2. The smallest absolute Gasteiger partial charge is 0.319 e. The number of nitrogens with one attached hydrogen (secondary N) is 1. The molecule has 0 spiro atoms. The Balaban J connectivity index is 1.93. The molecule has 0 saturated heterocycles. The van der Waals surface area contributed by atoms with Crippen LogP contribution in [-0.4, -0.2) is 25.7 Å². The fraction of sp³-hybridized carbons (Fsp3) is 0.167. The second kappa shape index (κ2) is 5.46. The van der Waals surface area contributed by atoms with Crippen molar-refractivity contribution in [3.8, 4) is 0 Å². The Bertz CT molecular complexity index is 904. The quantitative estimate of drug-likeness (QED) is 0.759. The highest BCUT2D eigenvalue weighted by atomic mass is 35.5. The van der Waals surface area contributed by atoms with Crippen molar-refractivity contribution in [2.24, 2.45) is 0 Å². The molecule has 0 saturated carbocycles. The van der Waals surface area contributed by atoms with Crippen LogP contribution in [0.15, 0.2) is 18.2 Å². The summed E-state index contributed by atoms with van der Waals surface area (Å²) in [5, 5.41) is 13.6. The van der Waals surface area contributed by atoms with Crippen LogP contribution in [0.4, 0.5) is 18.9 Å². The van der Waals surface area contributed by atoms with E-state index in [1.165, 1.54) is 10.6 Å². The molecule has 0 unspecified atom stereocenters. The van der Waals surface area contributed by atoms with Gasteiger partial charge < -0.3 is 5.32 Å². The summed E-state index contributed by atoms with van der Waals surface area (Å²) >= 11 is 6.51. The highest BCUT2D eigenvalue weighted by Gasteiger charge is 2.34. The van der Waals surface area contributed by atoms with Gasteiger partial charge in [0.2, 0.25) is 9.97 Å². The number of hydrogen-bond donors (Lipinski definition) is 1. The molecule has 0 aliphatic carbocycles. The molecule has 2 aromatic heterocycles. The van der Waals surface area contributed by atoms with Gasteiger partial charge in [0.05, 0.1) is 11.3 Å².